The van der Waals surface area contributed by atoms with E-state index in [0.29, 0.717) is 17.5 Å². The molecule has 0 radical (unpaired) electrons. The quantitative estimate of drug-likeness (QED) is 0.599. The van der Waals surface area contributed by atoms with Crippen LogP contribution in [0.3, 0.4) is 0 Å². The summed E-state index contributed by atoms with van der Waals surface area (Å²) in [6.07, 6.45) is 7.75. The predicted molar refractivity (Wildman–Crippen MR) is 107 cm³/mol. The smallest absolute Gasteiger partial charge is 0.226 e. The molecule has 28 heavy (non-hydrogen) atoms. The van der Waals surface area contributed by atoms with Crippen LogP contribution in [0.1, 0.15) is 38.4 Å². The maximum atomic E-state index is 10.2. The average molecular weight is 405 g/mol. The van der Waals surface area contributed by atoms with Crippen LogP contribution < -0.4 is 4.90 Å². The lowest BCUT2D eigenvalue weighted by molar-refractivity contribution is -0.00551. The van der Waals surface area contributed by atoms with E-state index in [1.807, 2.05) is 29.4 Å². The van der Waals surface area contributed by atoms with Crippen LogP contribution in [-0.4, -0.2) is 62.6 Å². The molecule has 1 N–H and O–H groups in total. The van der Waals surface area contributed by atoms with Crippen LogP contribution in [0, 0.1) is 11.8 Å². The van der Waals surface area contributed by atoms with Crippen molar-refractivity contribution in [2.45, 2.75) is 49.5 Å². The number of aliphatic hydroxyl groups is 1. The largest absolute Gasteiger partial charge is 0.384 e. The van der Waals surface area contributed by atoms with Crippen LogP contribution >= 0.6 is 11.8 Å². The summed E-state index contributed by atoms with van der Waals surface area (Å²) >= 11 is 1.64. The number of nitrogens with zero attached hydrogens (tertiary/aromatic N) is 6. The first-order valence-corrected chi connectivity index (χ1v) is 10.9. The molecule has 0 bridgehead atoms. The summed E-state index contributed by atoms with van der Waals surface area (Å²) in [6, 6.07) is 2.06. The van der Waals surface area contributed by atoms with Gasteiger partial charge >= 0.3 is 0 Å². The zero-order valence-electron chi connectivity index (χ0n) is 16.8. The second-order valence-corrected chi connectivity index (χ2v) is 9.11. The molecule has 0 aromatic carbocycles. The Morgan fingerprint density at radius 2 is 2.00 bits per heavy atom. The Balaban J connectivity index is 1.52. The molecule has 1 aliphatic carbocycles. The van der Waals surface area contributed by atoms with E-state index >= 15 is 0 Å². The van der Waals surface area contributed by atoms with Gasteiger partial charge in [-0.25, -0.2) is 14.6 Å². The van der Waals surface area contributed by atoms with Crippen molar-refractivity contribution in [2.24, 2.45) is 11.8 Å². The molecule has 9 heteroatoms. The van der Waals surface area contributed by atoms with Gasteiger partial charge in [-0.2, -0.15) is 0 Å². The van der Waals surface area contributed by atoms with E-state index in [-0.39, 0.29) is 12.1 Å². The first kappa shape index (κ1) is 19.6. The number of thioether (sulfide) groups is 1. The van der Waals surface area contributed by atoms with E-state index in [1.165, 1.54) is 0 Å². The average Bonchev–Trinajstić information content (AvgIpc) is 3.33. The molecule has 8 nitrogen and oxygen atoms in total. The van der Waals surface area contributed by atoms with E-state index in [0.717, 1.165) is 36.9 Å². The Bertz CT molecular complexity index is 823. The van der Waals surface area contributed by atoms with Gasteiger partial charge in [-0.3, -0.25) is 0 Å². The van der Waals surface area contributed by atoms with Crippen molar-refractivity contribution in [2.75, 3.05) is 31.4 Å². The fraction of sp³-hybridized carbons (Fsp3) is 0.684. The molecular formula is C19H28N6O2S. The van der Waals surface area contributed by atoms with Gasteiger partial charge in [-0.05, 0) is 50.8 Å². The summed E-state index contributed by atoms with van der Waals surface area (Å²) in [5, 5.41) is 19.7. The van der Waals surface area contributed by atoms with Crippen molar-refractivity contribution in [3.05, 3.63) is 24.2 Å². The van der Waals surface area contributed by atoms with E-state index in [1.54, 1.807) is 32.7 Å². The predicted octanol–water partition coefficient (Wildman–Crippen LogP) is 2.12. The molecule has 2 fully saturated rings. The lowest BCUT2D eigenvalue weighted by atomic mass is 9.77. The molecule has 0 unspecified atom stereocenters. The highest BCUT2D eigenvalue weighted by Gasteiger charge is 2.44. The van der Waals surface area contributed by atoms with Crippen LogP contribution in [-0.2, 0) is 10.3 Å². The van der Waals surface area contributed by atoms with Gasteiger partial charge in [-0.15, -0.1) is 16.9 Å². The monoisotopic (exact) mass is 404 g/mol. The van der Waals surface area contributed by atoms with Gasteiger partial charge in [-0.1, -0.05) is 5.21 Å². The summed E-state index contributed by atoms with van der Waals surface area (Å²) in [5.41, 5.74) is -0.415. The molecule has 4 atom stereocenters. The number of fused-ring (bicyclic) bond motifs is 1. The maximum Gasteiger partial charge on any atom is 0.226 e. The first-order chi connectivity index (χ1) is 13.4. The summed E-state index contributed by atoms with van der Waals surface area (Å²) in [6.45, 7) is 5.36. The summed E-state index contributed by atoms with van der Waals surface area (Å²) < 4.78 is 7.71. The molecular weight excluding hydrogens is 376 g/mol. The van der Waals surface area contributed by atoms with E-state index in [4.69, 9.17) is 4.74 Å². The highest BCUT2D eigenvalue weighted by Crippen LogP contribution is 2.43. The summed E-state index contributed by atoms with van der Waals surface area (Å²) in [7, 11) is 1.77. The Kier molecular flexibility index (Phi) is 5.32. The number of anilines is 1. The number of hydrogen-bond donors (Lipinski definition) is 1. The van der Waals surface area contributed by atoms with Gasteiger partial charge in [0, 0.05) is 26.4 Å². The minimum atomic E-state index is -0.998. The highest BCUT2D eigenvalue weighted by atomic mass is 32.2. The molecule has 4 rings (SSSR count). The molecule has 1 saturated carbocycles. The van der Waals surface area contributed by atoms with Gasteiger partial charge in [0.05, 0.1) is 18.3 Å². The van der Waals surface area contributed by atoms with Crippen molar-refractivity contribution < 1.29 is 9.84 Å². The van der Waals surface area contributed by atoms with Gasteiger partial charge in [0.1, 0.15) is 16.3 Å². The molecule has 2 aliphatic rings. The topological polar surface area (TPSA) is 89.2 Å². The second kappa shape index (κ2) is 7.61. The van der Waals surface area contributed by atoms with Gasteiger partial charge in [0.2, 0.25) is 5.95 Å². The van der Waals surface area contributed by atoms with Crippen LogP contribution in [0.2, 0.25) is 0 Å². The van der Waals surface area contributed by atoms with Gasteiger partial charge in [0.25, 0.3) is 0 Å². The SMILES string of the molecule is CO[C@@H]1C[C@H]2CN(c3nccc(SC)n3)C[C@H]2C[C@H]1n1cc(C(C)(C)O)nn1. The van der Waals surface area contributed by atoms with Crippen LogP contribution in [0.25, 0.3) is 0 Å². The van der Waals surface area contributed by atoms with Crippen LogP contribution in [0.5, 0.6) is 0 Å². The highest BCUT2D eigenvalue weighted by molar-refractivity contribution is 7.98. The first-order valence-electron chi connectivity index (χ1n) is 9.68. The molecule has 1 aliphatic heterocycles. The van der Waals surface area contributed by atoms with Crippen molar-refractivity contribution in [1.29, 1.82) is 0 Å². The second-order valence-electron chi connectivity index (χ2n) is 8.28. The van der Waals surface area contributed by atoms with Crippen molar-refractivity contribution in [3.8, 4) is 0 Å². The fourth-order valence-electron chi connectivity index (χ4n) is 4.40. The standard InChI is InChI=1S/C19H28N6O2S/c1-19(2,26)16-11-25(23-22-16)14-7-12-9-24(10-13(12)8-15(14)27-3)18-20-6-5-17(21-18)28-4/h5-6,11-15,26H,7-10H2,1-4H3/t12-,13+,14-,15-/m1/s1. The third-order valence-corrected chi connectivity index (χ3v) is 6.62. The Labute approximate surface area is 169 Å². The lowest BCUT2D eigenvalue weighted by Gasteiger charge is -2.36. The maximum absolute atomic E-state index is 10.2. The Morgan fingerprint density at radius 1 is 1.25 bits per heavy atom. The molecule has 3 heterocycles. The van der Waals surface area contributed by atoms with Crippen molar-refractivity contribution in [3.63, 3.8) is 0 Å². The molecule has 2 aromatic rings. The summed E-state index contributed by atoms with van der Waals surface area (Å²) in [5.74, 6) is 1.91. The number of hydrogen-bond acceptors (Lipinski definition) is 8. The number of aromatic nitrogens is 5. The van der Waals surface area contributed by atoms with Gasteiger partial charge < -0.3 is 14.7 Å². The Morgan fingerprint density at radius 3 is 2.64 bits per heavy atom. The lowest BCUT2D eigenvalue weighted by Crippen LogP contribution is -2.37. The Hall–Kier alpha value is -1.71. The number of rotatable bonds is 5. The van der Waals surface area contributed by atoms with Gasteiger partial charge in [0.15, 0.2) is 0 Å². The van der Waals surface area contributed by atoms with Crippen LogP contribution in [0.4, 0.5) is 5.95 Å². The third-order valence-electron chi connectivity index (χ3n) is 5.97. The number of ether oxygens (including phenoxy) is 1. The van der Waals surface area contributed by atoms with E-state index < -0.39 is 5.60 Å². The molecule has 2 aromatic heterocycles. The zero-order chi connectivity index (χ0) is 19.9. The molecule has 152 valence electrons. The molecule has 1 saturated heterocycles. The molecule has 0 amide bonds. The fourth-order valence-corrected chi connectivity index (χ4v) is 4.77. The van der Waals surface area contributed by atoms with E-state index in [2.05, 4.69) is 25.2 Å². The van der Waals surface area contributed by atoms with Crippen molar-refractivity contribution in [1.82, 2.24) is 25.0 Å². The normalized spacial score (nSPS) is 27.8. The zero-order valence-corrected chi connectivity index (χ0v) is 17.6. The third kappa shape index (κ3) is 3.75. The van der Waals surface area contributed by atoms with Crippen molar-refractivity contribution >= 4 is 17.7 Å². The minimum Gasteiger partial charge on any atom is -0.384 e. The molecule has 0 spiro atoms. The summed E-state index contributed by atoms with van der Waals surface area (Å²) in [4.78, 5) is 11.5. The number of methoxy groups -OCH3 is 1. The minimum absolute atomic E-state index is 0.0796. The van der Waals surface area contributed by atoms with Crippen LogP contribution in [0.15, 0.2) is 23.5 Å². The van der Waals surface area contributed by atoms with E-state index in [9.17, 15) is 5.11 Å².